The molecule has 1 aromatic rings. The van der Waals surface area contributed by atoms with E-state index in [1.54, 1.807) is 12.4 Å². The number of nitrogens with two attached hydrogens (primary N) is 1. The Balaban J connectivity index is 1.70. The van der Waals surface area contributed by atoms with Gasteiger partial charge < -0.3 is 10.6 Å². The van der Waals surface area contributed by atoms with Crippen LogP contribution in [0.2, 0.25) is 0 Å². The summed E-state index contributed by atoms with van der Waals surface area (Å²) in [6, 6.07) is 0.317. The van der Waals surface area contributed by atoms with Crippen LogP contribution in [0.1, 0.15) is 29.8 Å². The zero-order valence-electron chi connectivity index (χ0n) is 10.3. The van der Waals surface area contributed by atoms with Crippen LogP contribution in [0.15, 0.2) is 18.6 Å². The molecule has 0 bridgehead atoms. The maximum Gasteiger partial charge on any atom is 0.274 e. The van der Waals surface area contributed by atoms with Crippen LogP contribution in [0.3, 0.4) is 0 Å². The molecule has 96 valence electrons. The number of rotatable bonds is 1. The van der Waals surface area contributed by atoms with Crippen molar-refractivity contribution in [3.63, 3.8) is 0 Å². The van der Waals surface area contributed by atoms with Gasteiger partial charge in [-0.25, -0.2) is 4.98 Å². The van der Waals surface area contributed by atoms with Gasteiger partial charge in [0.15, 0.2) is 0 Å². The highest BCUT2D eigenvalue weighted by atomic mass is 16.2. The molecule has 1 aliphatic carbocycles. The van der Waals surface area contributed by atoms with Crippen LogP contribution in [-0.4, -0.2) is 39.9 Å². The monoisotopic (exact) mass is 246 g/mol. The van der Waals surface area contributed by atoms with Gasteiger partial charge in [-0.05, 0) is 31.1 Å². The number of nitrogens with zero attached hydrogens (tertiary/aromatic N) is 3. The molecule has 5 heteroatoms. The highest BCUT2D eigenvalue weighted by Gasteiger charge is 2.38. The van der Waals surface area contributed by atoms with Gasteiger partial charge in [0.25, 0.3) is 5.91 Å². The molecule has 0 spiro atoms. The van der Waals surface area contributed by atoms with Crippen molar-refractivity contribution in [2.75, 3.05) is 13.1 Å². The summed E-state index contributed by atoms with van der Waals surface area (Å²) in [5.41, 5.74) is 6.44. The van der Waals surface area contributed by atoms with Crippen LogP contribution in [0.4, 0.5) is 0 Å². The Morgan fingerprint density at radius 3 is 2.89 bits per heavy atom. The molecule has 3 atom stereocenters. The normalized spacial score (nSPS) is 31.2. The Morgan fingerprint density at radius 2 is 2.11 bits per heavy atom. The second-order valence-corrected chi connectivity index (χ2v) is 5.39. The van der Waals surface area contributed by atoms with E-state index in [2.05, 4.69) is 9.97 Å². The third-order valence-corrected chi connectivity index (χ3v) is 4.16. The van der Waals surface area contributed by atoms with E-state index >= 15 is 0 Å². The molecule has 5 nitrogen and oxygen atoms in total. The second-order valence-electron chi connectivity index (χ2n) is 5.39. The fourth-order valence-corrected chi connectivity index (χ4v) is 3.21. The summed E-state index contributed by atoms with van der Waals surface area (Å²) in [6.45, 7) is 1.68. The van der Waals surface area contributed by atoms with Crippen molar-refractivity contribution < 1.29 is 4.79 Å². The molecule has 1 amide bonds. The molecule has 2 heterocycles. The zero-order chi connectivity index (χ0) is 12.5. The van der Waals surface area contributed by atoms with Crippen LogP contribution in [-0.2, 0) is 0 Å². The third-order valence-electron chi connectivity index (χ3n) is 4.16. The molecule has 2 N–H and O–H groups in total. The smallest absolute Gasteiger partial charge is 0.274 e. The summed E-state index contributed by atoms with van der Waals surface area (Å²) in [6.07, 6.45) is 7.97. The standard InChI is InChI=1S/C13H18N4O/c14-11-2-1-9-7-17(8-10(9)5-11)13(18)12-6-15-3-4-16-12/h3-4,6,9-11H,1-2,5,7-8,14H2/t9-,10+,11?/m1/s1. The summed E-state index contributed by atoms with van der Waals surface area (Å²) < 4.78 is 0. The molecule has 18 heavy (non-hydrogen) atoms. The number of hydrogen-bond acceptors (Lipinski definition) is 4. The summed E-state index contributed by atoms with van der Waals surface area (Å²) >= 11 is 0. The molecule has 1 aliphatic heterocycles. The maximum absolute atomic E-state index is 12.3. The highest BCUT2D eigenvalue weighted by Crippen LogP contribution is 2.35. The molecule has 1 saturated carbocycles. The fraction of sp³-hybridized carbons (Fsp3) is 0.615. The predicted molar refractivity (Wildman–Crippen MR) is 66.7 cm³/mol. The summed E-state index contributed by atoms with van der Waals surface area (Å²) in [4.78, 5) is 22.2. The molecule has 1 unspecified atom stereocenters. The number of fused-ring (bicyclic) bond motifs is 1. The first-order valence-corrected chi connectivity index (χ1v) is 6.55. The van der Waals surface area contributed by atoms with Crippen LogP contribution in [0.5, 0.6) is 0 Å². The Hall–Kier alpha value is -1.49. The van der Waals surface area contributed by atoms with Gasteiger partial charge in [0.1, 0.15) is 5.69 Å². The average Bonchev–Trinajstić information content (AvgIpc) is 2.81. The fourth-order valence-electron chi connectivity index (χ4n) is 3.21. The number of carbonyl (C=O) groups excluding carboxylic acids is 1. The minimum Gasteiger partial charge on any atom is -0.337 e. The number of carbonyl (C=O) groups is 1. The SMILES string of the molecule is NC1CC[C@@H]2CN(C(=O)c3cnccn3)C[C@@H]2C1. The molecule has 2 aliphatic rings. The minimum atomic E-state index is 0.00562. The van der Waals surface area contributed by atoms with Gasteiger partial charge in [0.2, 0.25) is 0 Å². The molecule has 2 fully saturated rings. The first-order chi connectivity index (χ1) is 8.74. The van der Waals surface area contributed by atoms with Crippen molar-refractivity contribution in [1.29, 1.82) is 0 Å². The molecule has 1 aromatic heterocycles. The highest BCUT2D eigenvalue weighted by molar-refractivity contribution is 5.92. The van der Waals surface area contributed by atoms with Gasteiger partial charge >= 0.3 is 0 Å². The van der Waals surface area contributed by atoms with E-state index in [4.69, 9.17) is 5.73 Å². The summed E-state index contributed by atoms with van der Waals surface area (Å²) in [7, 11) is 0. The Labute approximate surface area is 106 Å². The lowest BCUT2D eigenvalue weighted by Crippen LogP contribution is -2.32. The number of amides is 1. The van der Waals surface area contributed by atoms with E-state index in [0.717, 1.165) is 32.4 Å². The largest absolute Gasteiger partial charge is 0.337 e. The molecule has 3 rings (SSSR count). The molecule has 0 radical (unpaired) electrons. The molecular weight excluding hydrogens is 228 g/mol. The van der Waals surface area contributed by atoms with E-state index in [1.165, 1.54) is 6.20 Å². The Morgan fingerprint density at radius 1 is 1.28 bits per heavy atom. The van der Waals surface area contributed by atoms with Gasteiger partial charge in [-0.3, -0.25) is 9.78 Å². The van der Waals surface area contributed by atoms with Crippen molar-refractivity contribution in [2.24, 2.45) is 17.6 Å². The van der Waals surface area contributed by atoms with Crippen molar-refractivity contribution in [2.45, 2.75) is 25.3 Å². The van der Waals surface area contributed by atoms with Crippen molar-refractivity contribution in [3.8, 4) is 0 Å². The maximum atomic E-state index is 12.3. The lowest BCUT2D eigenvalue weighted by atomic mass is 9.79. The third kappa shape index (κ3) is 2.10. The van der Waals surface area contributed by atoms with E-state index in [0.29, 0.717) is 23.6 Å². The van der Waals surface area contributed by atoms with Crippen LogP contribution < -0.4 is 5.73 Å². The predicted octanol–water partition coefficient (Wildman–Crippen LogP) is 0.676. The van der Waals surface area contributed by atoms with E-state index in [-0.39, 0.29) is 5.91 Å². The quantitative estimate of drug-likeness (QED) is 0.790. The first-order valence-electron chi connectivity index (χ1n) is 6.55. The Kier molecular flexibility index (Phi) is 2.99. The van der Waals surface area contributed by atoms with E-state index in [1.807, 2.05) is 4.90 Å². The molecular formula is C13H18N4O. The van der Waals surface area contributed by atoms with Crippen molar-refractivity contribution in [3.05, 3.63) is 24.3 Å². The van der Waals surface area contributed by atoms with Crippen molar-refractivity contribution >= 4 is 5.91 Å². The minimum absolute atomic E-state index is 0.00562. The molecule has 0 aromatic carbocycles. The number of hydrogen-bond donors (Lipinski definition) is 1. The number of likely N-dealkylation sites (tertiary alicyclic amines) is 1. The average molecular weight is 246 g/mol. The Bertz CT molecular complexity index is 436. The lowest BCUT2D eigenvalue weighted by Gasteiger charge is -2.27. The summed E-state index contributed by atoms with van der Waals surface area (Å²) in [5, 5.41) is 0. The second kappa shape index (κ2) is 4.65. The molecule has 1 saturated heterocycles. The first kappa shape index (κ1) is 11.6. The number of aromatic nitrogens is 2. The van der Waals surface area contributed by atoms with Gasteiger partial charge in [0.05, 0.1) is 6.20 Å². The van der Waals surface area contributed by atoms with Crippen LogP contribution >= 0.6 is 0 Å². The van der Waals surface area contributed by atoms with Gasteiger partial charge in [0, 0.05) is 31.5 Å². The summed E-state index contributed by atoms with van der Waals surface area (Å²) in [5.74, 6) is 1.21. The van der Waals surface area contributed by atoms with Gasteiger partial charge in [-0.1, -0.05) is 0 Å². The van der Waals surface area contributed by atoms with Gasteiger partial charge in [-0.2, -0.15) is 0 Å². The van der Waals surface area contributed by atoms with Crippen LogP contribution in [0.25, 0.3) is 0 Å². The van der Waals surface area contributed by atoms with Crippen molar-refractivity contribution in [1.82, 2.24) is 14.9 Å². The lowest BCUT2D eigenvalue weighted by molar-refractivity contribution is 0.0777. The van der Waals surface area contributed by atoms with Gasteiger partial charge in [-0.15, -0.1) is 0 Å². The van der Waals surface area contributed by atoms with E-state index in [9.17, 15) is 4.79 Å². The van der Waals surface area contributed by atoms with Crippen LogP contribution in [0, 0.1) is 11.8 Å². The zero-order valence-corrected chi connectivity index (χ0v) is 10.3. The van der Waals surface area contributed by atoms with E-state index < -0.39 is 0 Å². The topological polar surface area (TPSA) is 72.1 Å².